The fraction of sp³-hybridized carbons (Fsp3) is 0.483. The van der Waals surface area contributed by atoms with Crippen LogP contribution in [-0.2, 0) is 11.2 Å². The molecule has 1 aliphatic heterocycles. The van der Waals surface area contributed by atoms with Gasteiger partial charge in [0.2, 0.25) is 0 Å². The van der Waals surface area contributed by atoms with Gasteiger partial charge in [0.05, 0.1) is 13.2 Å². The van der Waals surface area contributed by atoms with Crippen molar-refractivity contribution in [3.63, 3.8) is 0 Å². The Morgan fingerprint density at radius 2 is 1.83 bits per heavy atom. The minimum atomic E-state index is -0.297. The van der Waals surface area contributed by atoms with Crippen molar-refractivity contribution in [3.05, 3.63) is 64.3 Å². The maximum atomic E-state index is 12.9. The highest BCUT2D eigenvalue weighted by Gasteiger charge is 2.35. The van der Waals surface area contributed by atoms with Gasteiger partial charge < -0.3 is 19.4 Å². The first kappa shape index (κ1) is 26.4. The Balaban J connectivity index is 1.51. The third-order valence-electron chi connectivity index (χ3n) is 6.75. The largest absolute Gasteiger partial charge is 0.494 e. The number of halogens is 1. The van der Waals surface area contributed by atoms with E-state index in [1.54, 1.807) is 0 Å². The topological polar surface area (TPSA) is 57.8 Å². The second-order valence-corrected chi connectivity index (χ2v) is 9.80. The first-order valence-electron chi connectivity index (χ1n) is 13.2. The monoisotopic (exact) mass is 511 g/mol. The van der Waals surface area contributed by atoms with Crippen LogP contribution in [0.5, 0.6) is 5.75 Å². The number of amides is 1. The molecule has 1 N–H and O–H groups in total. The number of nitrogens with one attached hydrogen (secondary N) is 1. The number of hydrogen-bond acceptors (Lipinski definition) is 4. The Labute approximate surface area is 219 Å². The molecule has 0 unspecified atom stereocenters. The number of aromatic nitrogens is 1. The first-order valence-corrected chi connectivity index (χ1v) is 13.6. The Hall–Kier alpha value is -2.70. The molecule has 4 rings (SSSR count). The molecule has 194 valence electrons. The molecule has 1 amide bonds. The molecule has 1 aliphatic rings. The zero-order valence-electron chi connectivity index (χ0n) is 21.7. The highest BCUT2D eigenvalue weighted by Crippen LogP contribution is 2.39. The van der Waals surface area contributed by atoms with E-state index in [2.05, 4.69) is 35.9 Å². The van der Waals surface area contributed by atoms with Gasteiger partial charge in [0.25, 0.3) is 0 Å². The number of carbonyl (C=O) groups is 1. The quantitative estimate of drug-likeness (QED) is 0.287. The lowest BCUT2D eigenvalue weighted by Crippen LogP contribution is -2.40. The summed E-state index contributed by atoms with van der Waals surface area (Å²) in [6.45, 7) is 11.2. The Morgan fingerprint density at radius 1 is 1.08 bits per heavy atom. The molecule has 0 spiro atoms. The number of carbonyl (C=O) groups excluding carboxylic acids is 1. The van der Waals surface area contributed by atoms with Crippen molar-refractivity contribution in [1.82, 2.24) is 14.8 Å². The van der Waals surface area contributed by atoms with Gasteiger partial charge in [-0.3, -0.25) is 4.90 Å². The van der Waals surface area contributed by atoms with Gasteiger partial charge in [-0.15, -0.1) is 0 Å². The summed E-state index contributed by atoms with van der Waals surface area (Å²) >= 11 is 6.29. The second-order valence-electron chi connectivity index (χ2n) is 9.36. The highest BCUT2D eigenvalue weighted by molar-refractivity contribution is 6.31. The molecule has 0 radical (unpaired) electrons. The number of benzene rings is 2. The molecule has 3 aromatic rings. The molecule has 0 bridgehead atoms. The number of rotatable bonds is 11. The predicted octanol–water partition coefficient (Wildman–Crippen LogP) is 6.82. The maximum absolute atomic E-state index is 12.9. The second kappa shape index (κ2) is 12.5. The number of H-pyrrole nitrogens is 1. The Kier molecular flexibility index (Phi) is 9.16. The van der Waals surface area contributed by atoms with Crippen LogP contribution in [0, 0.1) is 0 Å². The van der Waals surface area contributed by atoms with Crippen molar-refractivity contribution in [1.29, 1.82) is 0 Å². The van der Waals surface area contributed by atoms with Gasteiger partial charge in [0.15, 0.2) is 0 Å². The Bertz CT molecular complexity index is 1140. The molecule has 7 heteroatoms. The van der Waals surface area contributed by atoms with Crippen molar-refractivity contribution < 1.29 is 14.3 Å². The average Bonchev–Trinajstić information content (AvgIpc) is 3.24. The predicted molar refractivity (Wildman–Crippen MR) is 146 cm³/mol. The maximum Gasteiger partial charge on any atom is 0.410 e. The SMILES string of the molecule is CCCN(CCC)CCCOc1ccc([C@H]2c3[nH]c4ccc(Cl)cc4c3CCN2C(=O)OCC)cc1. The summed E-state index contributed by atoms with van der Waals surface area (Å²) in [6, 6.07) is 13.7. The van der Waals surface area contributed by atoms with Crippen LogP contribution in [0.2, 0.25) is 5.02 Å². The van der Waals surface area contributed by atoms with E-state index in [9.17, 15) is 4.79 Å². The van der Waals surface area contributed by atoms with E-state index in [-0.39, 0.29) is 12.1 Å². The summed E-state index contributed by atoms with van der Waals surface area (Å²) < 4.78 is 11.5. The summed E-state index contributed by atoms with van der Waals surface area (Å²) in [6.07, 6.45) is 3.81. The van der Waals surface area contributed by atoms with Crippen LogP contribution in [-0.4, -0.2) is 60.3 Å². The number of aromatic amines is 1. The third-order valence-corrected chi connectivity index (χ3v) is 6.99. The van der Waals surface area contributed by atoms with E-state index in [0.717, 1.165) is 60.4 Å². The van der Waals surface area contributed by atoms with Crippen molar-refractivity contribution in [2.75, 3.05) is 39.4 Å². The number of nitrogens with zero attached hydrogens (tertiary/aromatic N) is 2. The zero-order chi connectivity index (χ0) is 25.5. The molecule has 0 saturated heterocycles. The van der Waals surface area contributed by atoms with Gasteiger partial charge >= 0.3 is 6.09 Å². The lowest BCUT2D eigenvalue weighted by atomic mass is 9.92. The van der Waals surface area contributed by atoms with Crippen LogP contribution in [0.1, 0.15) is 62.9 Å². The van der Waals surface area contributed by atoms with Gasteiger partial charge in [-0.05, 0) is 87.2 Å². The normalized spacial score (nSPS) is 15.4. The van der Waals surface area contributed by atoms with Crippen molar-refractivity contribution in [2.24, 2.45) is 0 Å². The van der Waals surface area contributed by atoms with Gasteiger partial charge in [-0.25, -0.2) is 4.79 Å². The van der Waals surface area contributed by atoms with Crippen LogP contribution in [0.3, 0.4) is 0 Å². The fourth-order valence-corrected chi connectivity index (χ4v) is 5.37. The van der Waals surface area contributed by atoms with Gasteiger partial charge in [0.1, 0.15) is 11.8 Å². The number of fused-ring (bicyclic) bond motifs is 3. The summed E-state index contributed by atoms with van der Waals surface area (Å²) in [4.78, 5) is 20.8. The van der Waals surface area contributed by atoms with Gasteiger partial charge in [0, 0.05) is 34.7 Å². The highest BCUT2D eigenvalue weighted by atomic mass is 35.5. The van der Waals surface area contributed by atoms with E-state index >= 15 is 0 Å². The fourth-order valence-electron chi connectivity index (χ4n) is 5.20. The van der Waals surface area contributed by atoms with Gasteiger partial charge in [-0.2, -0.15) is 0 Å². The first-order chi connectivity index (χ1) is 17.5. The van der Waals surface area contributed by atoms with E-state index in [1.165, 1.54) is 18.4 Å². The van der Waals surface area contributed by atoms with Gasteiger partial charge in [-0.1, -0.05) is 37.6 Å². The van der Waals surface area contributed by atoms with Crippen molar-refractivity contribution >= 4 is 28.6 Å². The molecule has 1 atom stereocenters. The summed E-state index contributed by atoms with van der Waals surface area (Å²) in [7, 11) is 0. The van der Waals surface area contributed by atoms with Crippen LogP contribution in [0.15, 0.2) is 42.5 Å². The van der Waals surface area contributed by atoms with Crippen molar-refractivity contribution in [2.45, 2.75) is 52.5 Å². The molecule has 2 aromatic carbocycles. The molecule has 36 heavy (non-hydrogen) atoms. The van der Waals surface area contributed by atoms with Crippen LogP contribution >= 0.6 is 11.6 Å². The summed E-state index contributed by atoms with van der Waals surface area (Å²) in [5, 5.41) is 1.83. The van der Waals surface area contributed by atoms with E-state index in [1.807, 2.05) is 42.2 Å². The average molecular weight is 512 g/mol. The number of ether oxygens (including phenoxy) is 2. The Morgan fingerprint density at radius 3 is 2.53 bits per heavy atom. The summed E-state index contributed by atoms with van der Waals surface area (Å²) in [5.74, 6) is 0.846. The summed E-state index contributed by atoms with van der Waals surface area (Å²) in [5.41, 5.74) is 4.28. The van der Waals surface area contributed by atoms with E-state index in [0.29, 0.717) is 24.8 Å². The van der Waals surface area contributed by atoms with Crippen LogP contribution < -0.4 is 4.74 Å². The smallest absolute Gasteiger partial charge is 0.410 e. The standard InChI is InChI=1S/C29H38ClN3O3/c1-4-15-32(16-5-2)17-7-19-36-23-11-8-21(9-12-23)28-27-24(14-18-33(28)29(34)35-6-3)25-20-22(30)10-13-26(25)31-27/h8-13,20,28,31H,4-7,14-19H2,1-3H3/t28-/m0/s1. The van der Waals surface area contributed by atoms with E-state index < -0.39 is 0 Å². The molecule has 1 aromatic heterocycles. The van der Waals surface area contributed by atoms with Crippen LogP contribution in [0.4, 0.5) is 4.79 Å². The molecule has 2 heterocycles. The lowest BCUT2D eigenvalue weighted by Gasteiger charge is -2.35. The molecular formula is C29H38ClN3O3. The van der Waals surface area contributed by atoms with Crippen LogP contribution in [0.25, 0.3) is 10.9 Å². The molecular weight excluding hydrogens is 474 g/mol. The third kappa shape index (κ3) is 5.98. The van der Waals surface area contributed by atoms with Crippen molar-refractivity contribution in [3.8, 4) is 5.75 Å². The molecule has 6 nitrogen and oxygen atoms in total. The minimum absolute atomic E-state index is 0.260. The lowest BCUT2D eigenvalue weighted by molar-refractivity contribution is 0.0932. The molecule has 0 saturated carbocycles. The minimum Gasteiger partial charge on any atom is -0.494 e. The van der Waals surface area contributed by atoms with E-state index in [4.69, 9.17) is 21.1 Å². The zero-order valence-corrected chi connectivity index (χ0v) is 22.4. The molecule has 0 aliphatic carbocycles. The number of hydrogen-bond donors (Lipinski definition) is 1. The molecule has 0 fully saturated rings.